The van der Waals surface area contributed by atoms with E-state index in [9.17, 15) is 14.7 Å². The molecular weight excluding hydrogens is 456 g/mol. The van der Waals surface area contributed by atoms with Crippen LogP contribution in [-0.4, -0.2) is 54.4 Å². The summed E-state index contributed by atoms with van der Waals surface area (Å²) >= 11 is 0. The second-order valence-electron chi connectivity index (χ2n) is 9.71. The van der Waals surface area contributed by atoms with Gasteiger partial charge in [-0.2, -0.15) is 0 Å². The molecule has 198 valence electrons. The van der Waals surface area contributed by atoms with Gasteiger partial charge in [0.2, 0.25) is 0 Å². The smallest absolute Gasteiger partial charge is 0.333 e. The molecule has 0 bridgehead atoms. The fourth-order valence-electron chi connectivity index (χ4n) is 4.20. The largest absolute Gasteiger partial charge is 0.492 e. The Morgan fingerprint density at radius 3 is 2.22 bits per heavy atom. The highest BCUT2D eigenvalue weighted by atomic mass is 16.5. The summed E-state index contributed by atoms with van der Waals surface area (Å²) in [6, 6.07) is 11.4. The summed E-state index contributed by atoms with van der Waals surface area (Å²) in [4.78, 5) is 26.3. The van der Waals surface area contributed by atoms with Crippen molar-refractivity contribution in [2.45, 2.75) is 66.9 Å². The Balaban J connectivity index is 1.98. The molecule has 7 nitrogen and oxygen atoms in total. The minimum atomic E-state index is -0.968. The molecule has 0 saturated heterocycles. The molecule has 0 aliphatic heterocycles. The summed E-state index contributed by atoms with van der Waals surface area (Å²) in [5.41, 5.74) is 5.00. The van der Waals surface area contributed by atoms with E-state index in [0.717, 1.165) is 35.2 Å². The van der Waals surface area contributed by atoms with Gasteiger partial charge in [0, 0.05) is 25.3 Å². The molecule has 1 atom stereocenters. The number of hydrogen-bond donors (Lipinski definition) is 2. The molecule has 0 aliphatic rings. The lowest BCUT2D eigenvalue weighted by molar-refractivity contribution is -0.149. The first kappa shape index (κ1) is 29.2. The lowest BCUT2D eigenvalue weighted by atomic mass is 10.1. The molecule has 2 aromatic rings. The second kappa shape index (κ2) is 14.5. The van der Waals surface area contributed by atoms with Crippen LogP contribution in [-0.2, 0) is 16.0 Å². The van der Waals surface area contributed by atoms with Crippen molar-refractivity contribution in [2.75, 3.05) is 31.6 Å². The van der Waals surface area contributed by atoms with Crippen molar-refractivity contribution in [1.29, 1.82) is 0 Å². The van der Waals surface area contributed by atoms with Crippen LogP contribution in [0.5, 0.6) is 5.75 Å². The van der Waals surface area contributed by atoms with Crippen molar-refractivity contribution in [3.8, 4) is 5.75 Å². The predicted molar refractivity (Wildman–Crippen MR) is 144 cm³/mol. The Kier molecular flexibility index (Phi) is 11.7. The number of aryl methyl sites for hydroxylation is 3. The molecule has 36 heavy (non-hydrogen) atoms. The molecule has 0 radical (unpaired) electrons. The van der Waals surface area contributed by atoms with Gasteiger partial charge in [0.05, 0.1) is 6.54 Å². The Bertz CT molecular complexity index is 965. The molecule has 1 unspecified atom stereocenters. The first-order valence-corrected chi connectivity index (χ1v) is 12.8. The third-order valence-electron chi connectivity index (χ3n) is 6.02. The van der Waals surface area contributed by atoms with Crippen molar-refractivity contribution >= 4 is 17.7 Å². The van der Waals surface area contributed by atoms with E-state index in [1.165, 1.54) is 5.56 Å². The number of carbonyl (C=O) groups excluding carboxylic acids is 1. The Morgan fingerprint density at radius 1 is 1.03 bits per heavy atom. The van der Waals surface area contributed by atoms with Gasteiger partial charge in [-0.25, -0.2) is 9.59 Å². The third kappa shape index (κ3) is 9.53. The number of rotatable bonds is 14. The van der Waals surface area contributed by atoms with Crippen LogP contribution >= 0.6 is 0 Å². The number of carboxylic acids is 1. The van der Waals surface area contributed by atoms with Crippen LogP contribution < -0.4 is 10.1 Å². The van der Waals surface area contributed by atoms with Crippen LogP contribution in [0.25, 0.3) is 0 Å². The number of carboxylic acid groups (broad SMARTS) is 1. The number of hydrogen-bond acceptors (Lipinski definition) is 4. The minimum Gasteiger partial charge on any atom is -0.492 e. The van der Waals surface area contributed by atoms with Gasteiger partial charge in [0.1, 0.15) is 12.4 Å². The van der Waals surface area contributed by atoms with E-state index in [1.807, 2.05) is 43.0 Å². The zero-order valence-corrected chi connectivity index (χ0v) is 22.6. The average molecular weight is 499 g/mol. The van der Waals surface area contributed by atoms with Gasteiger partial charge in [0.15, 0.2) is 6.10 Å². The van der Waals surface area contributed by atoms with Crippen molar-refractivity contribution in [3.05, 3.63) is 58.7 Å². The van der Waals surface area contributed by atoms with Gasteiger partial charge in [-0.15, -0.1) is 0 Å². The summed E-state index contributed by atoms with van der Waals surface area (Å²) in [7, 11) is 0. The van der Waals surface area contributed by atoms with Crippen molar-refractivity contribution in [2.24, 2.45) is 5.92 Å². The predicted octanol–water partition coefficient (Wildman–Crippen LogP) is 5.99. The van der Waals surface area contributed by atoms with E-state index in [4.69, 9.17) is 9.47 Å². The topological polar surface area (TPSA) is 88.1 Å². The van der Waals surface area contributed by atoms with E-state index < -0.39 is 12.1 Å². The summed E-state index contributed by atoms with van der Waals surface area (Å²) in [5, 5.41) is 12.4. The number of urea groups is 1. The van der Waals surface area contributed by atoms with Gasteiger partial charge < -0.3 is 24.8 Å². The van der Waals surface area contributed by atoms with Crippen LogP contribution in [0.2, 0.25) is 0 Å². The van der Waals surface area contributed by atoms with Crippen molar-refractivity contribution in [1.82, 2.24) is 4.90 Å². The highest BCUT2D eigenvalue weighted by molar-refractivity contribution is 5.91. The zero-order valence-electron chi connectivity index (χ0n) is 22.6. The third-order valence-corrected chi connectivity index (χ3v) is 6.02. The van der Waals surface area contributed by atoms with Gasteiger partial charge in [-0.1, -0.05) is 43.7 Å². The molecular formula is C29H42N2O5. The zero-order chi connectivity index (χ0) is 26.7. The molecule has 0 aliphatic carbocycles. The monoisotopic (exact) mass is 498 g/mol. The first-order valence-electron chi connectivity index (χ1n) is 12.8. The van der Waals surface area contributed by atoms with Crippen LogP contribution in [0.3, 0.4) is 0 Å². The molecule has 0 aromatic heterocycles. The van der Waals surface area contributed by atoms with Gasteiger partial charge in [-0.3, -0.25) is 0 Å². The number of carbonyl (C=O) groups is 2. The van der Waals surface area contributed by atoms with Crippen molar-refractivity contribution < 1.29 is 24.2 Å². The summed E-state index contributed by atoms with van der Waals surface area (Å²) in [6.07, 6.45) is 1.41. The molecule has 2 rings (SSSR count). The quantitative estimate of drug-likeness (QED) is 0.334. The Hall–Kier alpha value is -3.06. The molecule has 2 N–H and O–H groups in total. The van der Waals surface area contributed by atoms with E-state index in [0.29, 0.717) is 44.4 Å². The number of nitrogens with one attached hydrogen (secondary N) is 1. The standard InChI is InChI=1S/C29H42N2O5/c1-7-35-26(28(32)33)19-24-10-12-25(13-11-24)36-16-15-31(14-8-9-20(2)3)29(34)30-27-22(5)17-21(4)18-23(27)6/h10-13,17-18,20,26H,7-9,14-16,19H2,1-6H3,(H,30,34)(H,32,33). The lowest BCUT2D eigenvalue weighted by Gasteiger charge is -2.25. The molecule has 2 aromatic carbocycles. The summed E-state index contributed by atoms with van der Waals surface area (Å²) < 4.78 is 11.2. The summed E-state index contributed by atoms with van der Waals surface area (Å²) in [5.74, 6) is 0.286. The Labute approximate surface area is 215 Å². The van der Waals surface area contributed by atoms with Crippen LogP contribution in [0, 0.1) is 26.7 Å². The molecule has 0 heterocycles. The number of anilines is 1. The van der Waals surface area contributed by atoms with E-state index >= 15 is 0 Å². The Morgan fingerprint density at radius 2 is 1.67 bits per heavy atom. The molecule has 7 heteroatoms. The van der Waals surface area contributed by atoms with E-state index in [1.54, 1.807) is 6.92 Å². The first-order chi connectivity index (χ1) is 17.1. The highest BCUT2D eigenvalue weighted by Crippen LogP contribution is 2.22. The number of benzene rings is 2. The van der Waals surface area contributed by atoms with Gasteiger partial charge in [-0.05, 0) is 75.3 Å². The number of nitrogens with zero attached hydrogens (tertiary/aromatic N) is 1. The maximum atomic E-state index is 13.2. The second-order valence-corrected chi connectivity index (χ2v) is 9.71. The maximum absolute atomic E-state index is 13.2. The van der Waals surface area contributed by atoms with E-state index in [2.05, 4.69) is 38.2 Å². The molecule has 0 fully saturated rings. The van der Waals surface area contributed by atoms with Crippen LogP contribution in [0.4, 0.5) is 10.5 Å². The number of amides is 2. The van der Waals surface area contributed by atoms with Gasteiger partial charge in [0.25, 0.3) is 0 Å². The molecule has 0 saturated carbocycles. The SMILES string of the molecule is CCOC(Cc1ccc(OCCN(CCCC(C)C)C(=O)Nc2c(C)cc(C)cc2C)cc1)C(=O)O. The average Bonchev–Trinajstić information content (AvgIpc) is 2.80. The fraction of sp³-hybridized carbons (Fsp3) is 0.517. The lowest BCUT2D eigenvalue weighted by Crippen LogP contribution is -2.39. The minimum absolute atomic E-state index is 0.122. The normalized spacial score (nSPS) is 11.9. The summed E-state index contributed by atoms with van der Waals surface area (Å²) in [6.45, 7) is 14.0. The van der Waals surface area contributed by atoms with Crippen LogP contribution in [0.15, 0.2) is 36.4 Å². The fourth-order valence-corrected chi connectivity index (χ4v) is 4.20. The maximum Gasteiger partial charge on any atom is 0.333 e. The van der Waals surface area contributed by atoms with Crippen LogP contribution in [0.1, 0.15) is 55.9 Å². The van der Waals surface area contributed by atoms with Crippen molar-refractivity contribution in [3.63, 3.8) is 0 Å². The van der Waals surface area contributed by atoms with Gasteiger partial charge >= 0.3 is 12.0 Å². The molecule has 0 spiro atoms. The highest BCUT2D eigenvalue weighted by Gasteiger charge is 2.18. The number of ether oxygens (including phenoxy) is 2. The van der Waals surface area contributed by atoms with E-state index in [-0.39, 0.29) is 6.03 Å². The molecule has 2 amide bonds. The number of aliphatic carboxylic acids is 1.